The van der Waals surface area contributed by atoms with Crippen LogP contribution in [0.4, 0.5) is 5.82 Å². The van der Waals surface area contributed by atoms with Gasteiger partial charge in [-0.15, -0.1) is 0 Å². The molecule has 0 atom stereocenters. The molecule has 68 valence electrons. The topological polar surface area (TPSA) is 69.1 Å². The van der Waals surface area contributed by atoms with Crippen molar-refractivity contribution in [1.82, 2.24) is 19.6 Å². The van der Waals surface area contributed by atoms with Crippen LogP contribution in [0.2, 0.25) is 0 Å². The molecular weight excluding hydrogens is 166 g/mol. The molecule has 2 rings (SSSR count). The van der Waals surface area contributed by atoms with Crippen molar-refractivity contribution in [3.05, 3.63) is 18.3 Å². The summed E-state index contributed by atoms with van der Waals surface area (Å²) >= 11 is 0. The predicted octanol–water partition coefficient (Wildman–Crippen LogP) is 0.830. The second-order valence-electron chi connectivity index (χ2n) is 3.21. The highest BCUT2D eigenvalue weighted by Gasteiger charge is 2.09. The van der Waals surface area contributed by atoms with Crippen molar-refractivity contribution in [3.63, 3.8) is 0 Å². The molecule has 0 aliphatic rings. The van der Waals surface area contributed by atoms with Crippen LogP contribution < -0.4 is 5.73 Å². The number of anilines is 1. The third kappa shape index (κ3) is 1.12. The zero-order valence-electron chi connectivity index (χ0n) is 7.60. The molecule has 2 aromatic heterocycles. The molecular formula is C8H11N5. The number of imidazole rings is 1. The molecule has 0 unspecified atom stereocenters. The smallest absolute Gasteiger partial charge is 0.153 e. The SMILES string of the molecule is CC(C)c1ncc2c(N)ncnn12. The van der Waals surface area contributed by atoms with Crippen molar-refractivity contribution >= 4 is 11.3 Å². The van der Waals surface area contributed by atoms with E-state index in [1.54, 1.807) is 10.7 Å². The maximum Gasteiger partial charge on any atom is 0.153 e. The Balaban J connectivity index is 2.75. The zero-order chi connectivity index (χ0) is 9.42. The summed E-state index contributed by atoms with van der Waals surface area (Å²) in [5, 5.41) is 4.09. The lowest BCUT2D eigenvalue weighted by molar-refractivity contribution is 0.721. The number of nitrogen functional groups attached to an aromatic ring is 1. The summed E-state index contributed by atoms with van der Waals surface area (Å²) in [7, 11) is 0. The number of hydrogen-bond donors (Lipinski definition) is 1. The first kappa shape index (κ1) is 7.97. The number of fused-ring (bicyclic) bond motifs is 1. The van der Waals surface area contributed by atoms with Gasteiger partial charge in [-0.25, -0.2) is 14.5 Å². The monoisotopic (exact) mass is 177 g/mol. The van der Waals surface area contributed by atoms with Crippen LogP contribution in [0.5, 0.6) is 0 Å². The van der Waals surface area contributed by atoms with E-state index < -0.39 is 0 Å². The van der Waals surface area contributed by atoms with Crippen LogP contribution in [0, 0.1) is 0 Å². The minimum atomic E-state index is 0.330. The van der Waals surface area contributed by atoms with E-state index in [2.05, 4.69) is 28.9 Å². The second-order valence-corrected chi connectivity index (χ2v) is 3.21. The van der Waals surface area contributed by atoms with Gasteiger partial charge in [0.1, 0.15) is 17.7 Å². The molecule has 0 bridgehead atoms. The van der Waals surface area contributed by atoms with Gasteiger partial charge in [0, 0.05) is 5.92 Å². The number of nitrogens with two attached hydrogens (primary N) is 1. The van der Waals surface area contributed by atoms with E-state index in [1.165, 1.54) is 6.33 Å². The third-order valence-electron chi connectivity index (χ3n) is 1.91. The maximum absolute atomic E-state index is 5.66. The Morgan fingerprint density at radius 2 is 2.15 bits per heavy atom. The van der Waals surface area contributed by atoms with Crippen LogP contribution in [0.1, 0.15) is 25.6 Å². The number of rotatable bonds is 1. The van der Waals surface area contributed by atoms with Crippen LogP contribution in [0.15, 0.2) is 12.5 Å². The fraction of sp³-hybridized carbons (Fsp3) is 0.375. The molecule has 0 saturated heterocycles. The number of aromatic nitrogens is 4. The normalized spacial score (nSPS) is 11.3. The summed E-state index contributed by atoms with van der Waals surface area (Å²) < 4.78 is 1.73. The van der Waals surface area contributed by atoms with Gasteiger partial charge < -0.3 is 5.73 Å². The van der Waals surface area contributed by atoms with E-state index in [-0.39, 0.29) is 0 Å². The Morgan fingerprint density at radius 3 is 2.85 bits per heavy atom. The average molecular weight is 177 g/mol. The minimum absolute atomic E-state index is 0.330. The van der Waals surface area contributed by atoms with Gasteiger partial charge in [0.15, 0.2) is 5.82 Å². The molecule has 0 aromatic carbocycles. The van der Waals surface area contributed by atoms with Gasteiger partial charge >= 0.3 is 0 Å². The molecule has 2 aromatic rings. The van der Waals surface area contributed by atoms with Crippen molar-refractivity contribution in [2.24, 2.45) is 0 Å². The summed E-state index contributed by atoms with van der Waals surface area (Å²) in [6, 6.07) is 0. The Bertz CT molecular complexity index is 431. The molecule has 2 heterocycles. The van der Waals surface area contributed by atoms with E-state index in [0.717, 1.165) is 11.3 Å². The van der Waals surface area contributed by atoms with Crippen molar-refractivity contribution < 1.29 is 0 Å². The fourth-order valence-electron chi connectivity index (χ4n) is 1.26. The predicted molar refractivity (Wildman–Crippen MR) is 49.3 cm³/mol. The molecule has 13 heavy (non-hydrogen) atoms. The summed E-state index contributed by atoms with van der Waals surface area (Å²) in [6.07, 6.45) is 3.14. The number of hydrogen-bond acceptors (Lipinski definition) is 4. The lowest BCUT2D eigenvalue weighted by atomic mass is 10.2. The van der Waals surface area contributed by atoms with Gasteiger partial charge in [0.2, 0.25) is 0 Å². The molecule has 0 spiro atoms. The Morgan fingerprint density at radius 1 is 1.38 bits per heavy atom. The lowest BCUT2D eigenvalue weighted by Crippen LogP contribution is -2.03. The zero-order valence-corrected chi connectivity index (χ0v) is 7.60. The summed E-state index contributed by atoms with van der Waals surface area (Å²) in [5.41, 5.74) is 6.43. The van der Waals surface area contributed by atoms with Gasteiger partial charge in [-0.2, -0.15) is 5.10 Å². The fourth-order valence-corrected chi connectivity index (χ4v) is 1.26. The third-order valence-corrected chi connectivity index (χ3v) is 1.91. The highest BCUT2D eigenvalue weighted by Crippen LogP contribution is 2.16. The van der Waals surface area contributed by atoms with Crippen LogP contribution in [-0.2, 0) is 0 Å². The van der Waals surface area contributed by atoms with Crippen LogP contribution in [0.25, 0.3) is 5.52 Å². The standard InChI is InChI=1S/C8H11N5/c1-5(2)8-10-3-6-7(9)11-4-12-13(6)8/h3-5H,1-2H3,(H2,9,11,12). The molecule has 0 radical (unpaired) electrons. The summed E-state index contributed by atoms with van der Waals surface area (Å²) in [6.45, 7) is 4.13. The van der Waals surface area contributed by atoms with E-state index in [9.17, 15) is 0 Å². The highest BCUT2D eigenvalue weighted by molar-refractivity contribution is 5.63. The van der Waals surface area contributed by atoms with Crippen LogP contribution >= 0.6 is 0 Å². The quantitative estimate of drug-likeness (QED) is 0.700. The molecule has 5 nitrogen and oxygen atoms in total. The van der Waals surface area contributed by atoms with Crippen molar-refractivity contribution in [3.8, 4) is 0 Å². The Hall–Kier alpha value is -1.65. The van der Waals surface area contributed by atoms with Crippen LogP contribution in [-0.4, -0.2) is 19.6 Å². The minimum Gasteiger partial charge on any atom is -0.382 e. The van der Waals surface area contributed by atoms with Gasteiger partial charge in [0.05, 0.1) is 6.20 Å². The van der Waals surface area contributed by atoms with E-state index in [1.807, 2.05) is 0 Å². The molecule has 5 heteroatoms. The lowest BCUT2D eigenvalue weighted by Gasteiger charge is -2.02. The molecule has 0 aliphatic carbocycles. The number of nitrogens with zero attached hydrogens (tertiary/aromatic N) is 4. The second kappa shape index (κ2) is 2.69. The van der Waals surface area contributed by atoms with Crippen LogP contribution in [0.3, 0.4) is 0 Å². The van der Waals surface area contributed by atoms with Gasteiger partial charge in [-0.05, 0) is 0 Å². The van der Waals surface area contributed by atoms with Gasteiger partial charge in [-0.1, -0.05) is 13.8 Å². The average Bonchev–Trinajstić information content (AvgIpc) is 2.48. The molecule has 0 fully saturated rings. The van der Waals surface area contributed by atoms with Crippen molar-refractivity contribution in [2.75, 3.05) is 5.73 Å². The van der Waals surface area contributed by atoms with Crippen molar-refractivity contribution in [2.45, 2.75) is 19.8 Å². The van der Waals surface area contributed by atoms with Gasteiger partial charge in [0.25, 0.3) is 0 Å². The highest BCUT2D eigenvalue weighted by atomic mass is 15.3. The summed E-state index contributed by atoms with van der Waals surface area (Å²) in [5.74, 6) is 1.70. The molecule has 0 amide bonds. The summed E-state index contributed by atoms with van der Waals surface area (Å²) in [4.78, 5) is 8.12. The molecule has 0 saturated carbocycles. The Kier molecular flexibility index (Phi) is 1.65. The van der Waals surface area contributed by atoms with E-state index >= 15 is 0 Å². The first-order valence-corrected chi connectivity index (χ1v) is 4.14. The van der Waals surface area contributed by atoms with E-state index in [4.69, 9.17) is 5.73 Å². The van der Waals surface area contributed by atoms with E-state index in [0.29, 0.717) is 11.7 Å². The first-order chi connectivity index (χ1) is 6.20. The maximum atomic E-state index is 5.66. The van der Waals surface area contributed by atoms with Gasteiger partial charge in [-0.3, -0.25) is 0 Å². The van der Waals surface area contributed by atoms with Crippen molar-refractivity contribution in [1.29, 1.82) is 0 Å². The largest absolute Gasteiger partial charge is 0.382 e. The Labute approximate surface area is 75.6 Å². The molecule has 2 N–H and O–H groups in total. The molecule has 0 aliphatic heterocycles. The first-order valence-electron chi connectivity index (χ1n) is 4.14.